The minimum absolute atomic E-state index is 0. The van der Waals surface area contributed by atoms with Crippen LogP contribution in [0, 0.1) is 0 Å². The number of nitrogens with one attached hydrogen (secondary N) is 1. The first kappa shape index (κ1) is 12.4. The van der Waals surface area contributed by atoms with Gasteiger partial charge in [-0.3, -0.25) is 4.79 Å². The van der Waals surface area contributed by atoms with Gasteiger partial charge in [0.05, 0.1) is 6.10 Å². The lowest BCUT2D eigenvalue weighted by atomic mass is 10.3. The molecule has 0 aliphatic carbocycles. The number of amides is 1. The molecule has 4 heteroatoms. The van der Waals surface area contributed by atoms with Crippen LogP contribution in [0.1, 0.15) is 15.3 Å². The molecule has 0 aliphatic heterocycles. The van der Waals surface area contributed by atoms with Gasteiger partial charge in [-0.1, -0.05) is 6.92 Å². The zero-order valence-electron chi connectivity index (χ0n) is 8.96. The lowest BCUT2D eigenvalue weighted by molar-refractivity contribution is -0.119. The van der Waals surface area contributed by atoms with Crippen molar-refractivity contribution in [2.24, 2.45) is 0 Å². The van der Waals surface area contributed by atoms with Gasteiger partial charge in [0.25, 0.3) is 0 Å². The van der Waals surface area contributed by atoms with E-state index in [9.17, 15) is 4.79 Å². The van der Waals surface area contributed by atoms with Gasteiger partial charge in [0.15, 0.2) is 0 Å². The van der Waals surface area contributed by atoms with Gasteiger partial charge in [0, 0.05) is 28.5 Å². The quantitative estimate of drug-likeness (QED) is 0.656. The lowest BCUT2D eigenvalue weighted by Crippen LogP contribution is -2.39. The first-order valence-corrected chi connectivity index (χ1v) is 4.55. The van der Waals surface area contributed by atoms with Gasteiger partial charge in [-0.05, 0) is 13.6 Å². The first-order chi connectivity index (χ1) is 6.10. The van der Waals surface area contributed by atoms with Gasteiger partial charge in [0.2, 0.25) is 5.91 Å². The fourth-order valence-corrected chi connectivity index (χ4v) is 0.957. The van der Waals surface area contributed by atoms with Crippen LogP contribution in [0.2, 0.25) is 0 Å². The molecule has 0 aromatic carbocycles. The second kappa shape index (κ2) is 6.86. The average molecular weight is 190 g/mol. The van der Waals surface area contributed by atoms with Crippen molar-refractivity contribution in [2.75, 3.05) is 33.8 Å². The van der Waals surface area contributed by atoms with Gasteiger partial charge < -0.3 is 15.0 Å². The Labute approximate surface area is 81.7 Å². The van der Waals surface area contributed by atoms with Crippen molar-refractivity contribution in [1.82, 2.24) is 10.2 Å². The van der Waals surface area contributed by atoms with E-state index in [1.807, 2.05) is 7.05 Å². The SMILES string of the molecule is CCN(C)CC(CNC(C)=O)OC.[HH]. The van der Waals surface area contributed by atoms with Crippen LogP contribution >= 0.6 is 0 Å². The topological polar surface area (TPSA) is 41.6 Å². The number of carbonyl (C=O) groups is 1. The van der Waals surface area contributed by atoms with Gasteiger partial charge in [-0.25, -0.2) is 0 Å². The van der Waals surface area contributed by atoms with Crippen LogP contribution in [0.15, 0.2) is 0 Å². The highest BCUT2D eigenvalue weighted by molar-refractivity contribution is 5.72. The molecule has 1 N–H and O–H groups in total. The van der Waals surface area contributed by atoms with Crippen molar-refractivity contribution in [2.45, 2.75) is 20.0 Å². The molecule has 0 saturated carbocycles. The second-order valence-corrected chi connectivity index (χ2v) is 3.15. The highest BCUT2D eigenvalue weighted by Crippen LogP contribution is 1.92. The minimum atomic E-state index is -0.0128. The van der Waals surface area contributed by atoms with Crippen molar-refractivity contribution in [3.63, 3.8) is 0 Å². The van der Waals surface area contributed by atoms with E-state index in [1.165, 1.54) is 6.92 Å². The van der Waals surface area contributed by atoms with Crippen LogP contribution in [-0.2, 0) is 9.53 Å². The zero-order valence-corrected chi connectivity index (χ0v) is 8.96. The summed E-state index contributed by atoms with van der Waals surface area (Å²) in [6.07, 6.45) is 0.0776. The zero-order chi connectivity index (χ0) is 10.3. The second-order valence-electron chi connectivity index (χ2n) is 3.15. The normalized spacial score (nSPS) is 13.0. The van der Waals surface area contributed by atoms with E-state index in [-0.39, 0.29) is 13.4 Å². The summed E-state index contributed by atoms with van der Waals surface area (Å²) in [5.74, 6) is -0.0128. The summed E-state index contributed by atoms with van der Waals surface area (Å²) in [5, 5.41) is 2.74. The Hall–Kier alpha value is -0.610. The number of carbonyl (C=O) groups excluding carboxylic acids is 1. The molecule has 0 rings (SSSR count). The molecule has 0 aliphatic rings. The molecule has 1 unspecified atom stereocenters. The molecule has 0 radical (unpaired) electrons. The van der Waals surface area contributed by atoms with Crippen molar-refractivity contribution >= 4 is 5.91 Å². The predicted octanol–water partition coefficient (Wildman–Crippen LogP) is 0.335. The maximum absolute atomic E-state index is 10.6. The Balaban J connectivity index is 0. The predicted molar refractivity (Wildman–Crippen MR) is 54.8 cm³/mol. The number of methoxy groups -OCH3 is 1. The van der Waals surface area contributed by atoms with Crippen LogP contribution < -0.4 is 5.32 Å². The molecule has 0 aromatic heterocycles. The van der Waals surface area contributed by atoms with E-state index in [4.69, 9.17) is 4.74 Å². The van der Waals surface area contributed by atoms with Gasteiger partial charge >= 0.3 is 0 Å². The number of ether oxygens (including phenoxy) is 1. The van der Waals surface area contributed by atoms with E-state index < -0.39 is 0 Å². The third-order valence-electron chi connectivity index (χ3n) is 1.97. The molecular formula is C9H22N2O2. The van der Waals surface area contributed by atoms with Crippen LogP contribution in [0.3, 0.4) is 0 Å². The summed E-state index contributed by atoms with van der Waals surface area (Å²) in [6.45, 7) is 6.00. The Morgan fingerprint density at radius 3 is 2.69 bits per heavy atom. The molecule has 0 saturated heterocycles. The van der Waals surface area contributed by atoms with E-state index in [0.29, 0.717) is 6.54 Å². The fraction of sp³-hybridized carbons (Fsp3) is 0.889. The van der Waals surface area contributed by atoms with E-state index >= 15 is 0 Å². The summed E-state index contributed by atoms with van der Waals surface area (Å²) in [6, 6.07) is 0. The average Bonchev–Trinajstić information content (AvgIpc) is 2.11. The maximum Gasteiger partial charge on any atom is 0.216 e. The molecular weight excluding hydrogens is 168 g/mol. The van der Waals surface area contributed by atoms with Crippen molar-refractivity contribution < 1.29 is 11.0 Å². The number of hydrogen-bond donors (Lipinski definition) is 1. The third-order valence-corrected chi connectivity index (χ3v) is 1.97. The highest BCUT2D eigenvalue weighted by atomic mass is 16.5. The first-order valence-electron chi connectivity index (χ1n) is 4.55. The van der Waals surface area contributed by atoms with Crippen LogP contribution in [0.5, 0.6) is 0 Å². The van der Waals surface area contributed by atoms with Crippen molar-refractivity contribution in [3.05, 3.63) is 0 Å². The Kier molecular flexibility index (Phi) is 6.54. The summed E-state index contributed by atoms with van der Waals surface area (Å²) in [4.78, 5) is 12.8. The molecule has 0 spiro atoms. The largest absolute Gasteiger partial charge is 0.378 e. The molecule has 0 bridgehead atoms. The van der Waals surface area contributed by atoms with E-state index in [0.717, 1.165) is 13.1 Å². The van der Waals surface area contributed by atoms with Gasteiger partial charge in [0.1, 0.15) is 0 Å². The molecule has 0 aromatic rings. The molecule has 1 amide bonds. The standard InChI is InChI=1S/C9H20N2O2.H2/c1-5-11(3)7-9(13-4)6-10-8(2)12;/h9H,5-7H2,1-4H3,(H,10,12);1H. The van der Waals surface area contributed by atoms with E-state index in [1.54, 1.807) is 7.11 Å². The third kappa shape index (κ3) is 6.54. The van der Waals surface area contributed by atoms with Gasteiger partial charge in [-0.15, -0.1) is 0 Å². The van der Waals surface area contributed by atoms with Gasteiger partial charge in [-0.2, -0.15) is 0 Å². The monoisotopic (exact) mass is 190 g/mol. The summed E-state index contributed by atoms with van der Waals surface area (Å²) < 4.78 is 5.22. The Bertz CT molecular complexity index is 156. The van der Waals surface area contributed by atoms with Crippen LogP contribution in [-0.4, -0.2) is 50.7 Å². The number of rotatable bonds is 6. The summed E-state index contributed by atoms with van der Waals surface area (Å²) in [5.41, 5.74) is 0. The number of hydrogen-bond acceptors (Lipinski definition) is 3. The van der Waals surface area contributed by atoms with Crippen LogP contribution in [0.4, 0.5) is 0 Å². The lowest BCUT2D eigenvalue weighted by Gasteiger charge is -2.21. The van der Waals surface area contributed by atoms with Crippen molar-refractivity contribution in [1.29, 1.82) is 0 Å². The Morgan fingerprint density at radius 1 is 1.69 bits per heavy atom. The fourth-order valence-electron chi connectivity index (χ4n) is 0.957. The number of likely N-dealkylation sites (N-methyl/N-ethyl adjacent to an activating group) is 1. The smallest absolute Gasteiger partial charge is 0.216 e. The molecule has 13 heavy (non-hydrogen) atoms. The molecule has 0 heterocycles. The molecule has 1 atom stereocenters. The Morgan fingerprint density at radius 2 is 2.31 bits per heavy atom. The summed E-state index contributed by atoms with van der Waals surface area (Å²) in [7, 11) is 3.69. The molecule has 80 valence electrons. The van der Waals surface area contributed by atoms with Crippen molar-refractivity contribution in [3.8, 4) is 0 Å². The highest BCUT2D eigenvalue weighted by Gasteiger charge is 2.09. The molecule has 0 fully saturated rings. The molecule has 4 nitrogen and oxygen atoms in total. The summed E-state index contributed by atoms with van der Waals surface area (Å²) >= 11 is 0. The van der Waals surface area contributed by atoms with E-state index in [2.05, 4.69) is 17.1 Å². The van der Waals surface area contributed by atoms with Crippen LogP contribution in [0.25, 0.3) is 0 Å². The number of nitrogens with zero attached hydrogens (tertiary/aromatic N) is 1. The minimum Gasteiger partial charge on any atom is -0.378 e. The maximum atomic E-state index is 10.6.